The highest BCUT2D eigenvalue weighted by Crippen LogP contribution is 2.23. The van der Waals surface area contributed by atoms with Crippen molar-refractivity contribution in [1.29, 1.82) is 0 Å². The molecule has 1 aromatic carbocycles. The molecule has 0 aromatic heterocycles. The molecule has 1 amide bonds. The summed E-state index contributed by atoms with van der Waals surface area (Å²) in [5.41, 5.74) is 5.35. The van der Waals surface area contributed by atoms with Gasteiger partial charge in [-0.1, -0.05) is 0 Å². The van der Waals surface area contributed by atoms with Crippen LogP contribution in [-0.4, -0.2) is 35.6 Å². The summed E-state index contributed by atoms with van der Waals surface area (Å²) in [6.45, 7) is 0.832. The van der Waals surface area contributed by atoms with Crippen LogP contribution in [0, 0.1) is 17.6 Å². The van der Waals surface area contributed by atoms with E-state index in [2.05, 4.69) is 0 Å². The van der Waals surface area contributed by atoms with Gasteiger partial charge < -0.3 is 15.7 Å². The number of anilines is 1. The van der Waals surface area contributed by atoms with Gasteiger partial charge in [0.2, 0.25) is 0 Å². The number of nitrogens with two attached hydrogens (primary N) is 1. The zero-order chi connectivity index (χ0) is 12.6. The molecule has 4 nitrogen and oxygen atoms in total. The number of amides is 1. The molecule has 0 unspecified atom stereocenters. The van der Waals surface area contributed by atoms with Gasteiger partial charge in [0.15, 0.2) is 11.6 Å². The first-order chi connectivity index (χ1) is 8.02. The number of halogens is 2. The van der Waals surface area contributed by atoms with Gasteiger partial charge in [-0.3, -0.25) is 4.79 Å². The van der Waals surface area contributed by atoms with Gasteiger partial charge in [0, 0.05) is 37.4 Å². The van der Waals surface area contributed by atoms with E-state index in [-0.39, 0.29) is 23.8 Å². The summed E-state index contributed by atoms with van der Waals surface area (Å²) in [4.78, 5) is 13.3. The van der Waals surface area contributed by atoms with E-state index in [1.165, 1.54) is 4.90 Å². The maximum Gasteiger partial charge on any atom is 0.256 e. The van der Waals surface area contributed by atoms with E-state index in [0.29, 0.717) is 13.1 Å². The lowest BCUT2D eigenvalue weighted by Crippen LogP contribution is -2.51. The van der Waals surface area contributed by atoms with Crippen LogP contribution in [0.25, 0.3) is 0 Å². The first-order valence-electron chi connectivity index (χ1n) is 5.17. The lowest BCUT2D eigenvalue weighted by molar-refractivity contribution is 0.0362. The number of hydrogen-bond donors (Lipinski definition) is 2. The Hall–Kier alpha value is -1.69. The molecule has 1 aromatic rings. The lowest BCUT2D eigenvalue weighted by atomic mass is 9.99. The number of rotatable bonds is 2. The van der Waals surface area contributed by atoms with E-state index in [0.717, 1.165) is 12.1 Å². The van der Waals surface area contributed by atoms with Crippen LogP contribution in [-0.2, 0) is 0 Å². The summed E-state index contributed by atoms with van der Waals surface area (Å²) < 4.78 is 25.8. The highest BCUT2D eigenvalue weighted by molar-refractivity contribution is 5.99. The molecule has 2 rings (SSSR count). The second-order valence-corrected chi connectivity index (χ2v) is 4.11. The second kappa shape index (κ2) is 4.29. The van der Waals surface area contributed by atoms with Crippen molar-refractivity contribution in [2.75, 3.05) is 25.4 Å². The largest absolute Gasteiger partial charge is 0.398 e. The molecule has 1 saturated heterocycles. The number of hydrogen-bond acceptors (Lipinski definition) is 3. The Morgan fingerprint density at radius 1 is 1.41 bits per heavy atom. The van der Waals surface area contributed by atoms with E-state index in [1.807, 2.05) is 0 Å². The molecule has 17 heavy (non-hydrogen) atoms. The van der Waals surface area contributed by atoms with Crippen LogP contribution >= 0.6 is 0 Å². The van der Waals surface area contributed by atoms with Crippen molar-refractivity contribution in [2.24, 2.45) is 5.92 Å². The number of likely N-dealkylation sites (tertiary alicyclic amines) is 1. The van der Waals surface area contributed by atoms with Crippen molar-refractivity contribution >= 4 is 11.6 Å². The van der Waals surface area contributed by atoms with Crippen molar-refractivity contribution < 1.29 is 18.7 Å². The average molecular weight is 242 g/mol. The lowest BCUT2D eigenvalue weighted by Gasteiger charge is -2.38. The van der Waals surface area contributed by atoms with Crippen molar-refractivity contribution in [3.8, 4) is 0 Å². The van der Waals surface area contributed by atoms with Gasteiger partial charge >= 0.3 is 0 Å². The fourth-order valence-electron chi connectivity index (χ4n) is 1.77. The molecule has 1 fully saturated rings. The predicted octanol–water partition coefficient (Wildman–Crippen LogP) is 0.611. The zero-order valence-electron chi connectivity index (χ0n) is 8.99. The number of benzene rings is 1. The smallest absolute Gasteiger partial charge is 0.256 e. The topological polar surface area (TPSA) is 66.6 Å². The fourth-order valence-corrected chi connectivity index (χ4v) is 1.77. The summed E-state index contributed by atoms with van der Waals surface area (Å²) in [5, 5.41) is 8.82. The van der Waals surface area contributed by atoms with Crippen molar-refractivity contribution in [1.82, 2.24) is 4.90 Å². The van der Waals surface area contributed by atoms with Gasteiger partial charge in [-0.2, -0.15) is 0 Å². The summed E-state index contributed by atoms with van der Waals surface area (Å²) in [6, 6.07) is 1.60. The number of carbonyl (C=O) groups excluding carboxylic acids is 1. The predicted molar refractivity (Wildman–Crippen MR) is 57.2 cm³/mol. The Balaban J connectivity index is 2.18. The van der Waals surface area contributed by atoms with Gasteiger partial charge in [-0.25, -0.2) is 8.78 Å². The van der Waals surface area contributed by atoms with E-state index in [9.17, 15) is 13.6 Å². The Kier molecular flexibility index (Phi) is 2.97. The third kappa shape index (κ3) is 2.08. The minimum Gasteiger partial charge on any atom is -0.398 e. The average Bonchev–Trinajstić information content (AvgIpc) is 2.21. The highest BCUT2D eigenvalue weighted by Gasteiger charge is 2.31. The van der Waals surface area contributed by atoms with Gasteiger partial charge in [-0.05, 0) is 6.07 Å². The first-order valence-corrected chi connectivity index (χ1v) is 5.17. The van der Waals surface area contributed by atoms with Crippen molar-refractivity contribution in [3.63, 3.8) is 0 Å². The number of nitrogen functional groups attached to an aromatic ring is 1. The van der Waals surface area contributed by atoms with Crippen LogP contribution in [0.15, 0.2) is 12.1 Å². The third-order valence-electron chi connectivity index (χ3n) is 2.83. The summed E-state index contributed by atoms with van der Waals surface area (Å²) in [6.07, 6.45) is 0. The minimum atomic E-state index is -1.10. The molecular formula is C11H12F2N2O2. The Bertz CT molecular complexity index is 459. The van der Waals surface area contributed by atoms with E-state index in [4.69, 9.17) is 10.8 Å². The first kappa shape index (κ1) is 11.8. The fraction of sp³-hybridized carbons (Fsp3) is 0.364. The van der Waals surface area contributed by atoms with E-state index in [1.54, 1.807) is 0 Å². The van der Waals surface area contributed by atoms with Crippen molar-refractivity contribution in [2.45, 2.75) is 0 Å². The molecule has 0 bridgehead atoms. The van der Waals surface area contributed by atoms with Gasteiger partial charge in [0.1, 0.15) is 0 Å². The quantitative estimate of drug-likeness (QED) is 0.747. The molecule has 6 heteroatoms. The number of aliphatic hydroxyl groups excluding tert-OH is 1. The minimum absolute atomic E-state index is 0.0110. The molecular weight excluding hydrogens is 230 g/mol. The molecule has 0 aliphatic carbocycles. The van der Waals surface area contributed by atoms with E-state index < -0.39 is 17.5 Å². The maximum atomic E-state index is 13.0. The number of nitrogens with zero attached hydrogens (tertiary/aromatic N) is 1. The third-order valence-corrected chi connectivity index (χ3v) is 2.83. The monoisotopic (exact) mass is 242 g/mol. The molecule has 3 N–H and O–H groups in total. The molecule has 1 heterocycles. The number of carbonyl (C=O) groups is 1. The SMILES string of the molecule is Nc1cc(F)c(F)cc1C(=O)N1CC(CO)C1. The van der Waals surface area contributed by atoms with Crippen LogP contribution in [0.3, 0.4) is 0 Å². The summed E-state index contributed by atoms with van der Waals surface area (Å²) >= 11 is 0. The Morgan fingerprint density at radius 3 is 2.59 bits per heavy atom. The van der Waals surface area contributed by atoms with Gasteiger partial charge in [0.25, 0.3) is 5.91 Å². The van der Waals surface area contributed by atoms with Crippen LogP contribution in [0.4, 0.5) is 14.5 Å². The standard InChI is InChI=1S/C11H12F2N2O2/c12-8-1-7(10(14)2-9(8)13)11(17)15-3-6(4-15)5-16/h1-2,6,16H,3-5,14H2. The van der Waals surface area contributed by atoms with Crippen LogP contribution in [0.1, 0.15) is 10.4 Å². The normalized spacial score (nSPS) is 15.8. The zero-order valence-corrected chi connectivity index (χ0v) is 8.99. The highest BCUT2D eigenvalue weighted by atomic mass is 19.2. The molecule has 1 aliphatic heterocycles. The summed E-state index contributed by atoms with van der Waals surface area (Å²) in [7, 11) is 0. The molecule has 0 saturated carbocycles. The van der Waals surface area contributed by atoms with Gasteiger partial charge in [0.05, 0.1) is 5.56 Å². The maximum absolute atomic E-state index is 13.0. The molecule has 0 spiro atoms. The van der Waals surface area contributed by atoms with Crippen LogP contribution < -0.4 is 5.73 Å². The number of aliphatic hydroxyl groups is 1. The molecule has 0 radical (unpaired) electrons. The summed E-state index contributed by atoms with van der Waals surface area (Å²) in [5.74, 6) is -2.55. The van der Waals surface area contributed by atoms with Crippen LogP contribution in [0.2, 0.25) is 0 Å². The van der Waals surface area contributed by atoms with Crippen molar-refractivity contribution in [3.05, 3.63) is 29.3 Å². The second-order valence-electron chi connectivity index (χ2n) is 4.11. The molecule has 0 atom stereocenters. The molecule has 1 aliphatic rings. The van der Waals surface area contributed by atoms with Gasteiger partial charge in [-0.15, -0.1) is 0 Å². The van der Waals surface area contributed by atoms with E-state index >= 15 is 0 Å². The Morgan fingerprint density at radius 2 is 2.00 bits per heavy atom. The molecule has 92 valence electrons. The Labute approximate surface area is 96.6 Å². The van der Waals surface area contributed by atoms with Crippen LogP contribution in [0.5, 0.6) is 0 Å².